The van der Waals surface area contributed by atoms with E-state index in [4.69, 9.17) is 0 Å². The summed E-state index contributed by atoms with van der Waals surface area (Å²) in [5.41, 5.74) is 7.80. The Morgan fingerprint density at radius 2 is 0.606 bits per heavy atom. The third kappa shape index (κ3) is 5.28. The summed E-state index contributed by atoms with van der Waals surface area (Å²) >= 11 is 0. The topological polar surface area (TPSA) is 0 Å². The van der Waals surface area contributed by atoms with Crippen LogP contribution in [0.4, 0.5) is 0 Å². The van der Waals surface area contributed by atoms with Gasteiger partial charge in [-0.3, -0.25) is 0 Å². The molecule has 0 unspecified atom stereocenters. The summed E-state index contributed by atoms with van der Waals surface area (Å²) in [5.74, 6) is 0. The normalized spacial score (nSPS) is 11.3. The predicted molar refractivity (Wildman–Crippen MR) is 149 cm³/mol. The minimum Gasteiger partial charge on any atom is -0.0683 e. The van der Waals surface area contributed by atoms with E-state index in [0.717, 1.165) is 0 Å². The highest BCUT2D eigenvalue weighted by molar-refractivity contribution is 5.86. The van der Waals surface area contributed by atoms with Gasteiger partial charge in [0, 0.05) is 0 Å². The van der Waals surface area contributed by atoms with E-state index < -0.39 is 0 Å². The molecule has 1 aliphatic carbocycles. The van der Waals surface area contributed by atoms with E-state index in [0.29, 0.717) is 0 Å². The van der Waals surface area contributed by atoms with E-state index in [1.807, 2.05) is 55.4 Å². The number of hydrogen-bond acceptors (Lipinski definition) is 0. The molecule has 0 atom stereocenters. The summed E-state index contributed by atoms with van der Waals surface area (Å²) < 4.78 is 0. The van der Waals surface area contributed by atoms with Crippen LogP contribution in [0, 0.1) is 0 Å². The van der Waals surface area contributed by atoms with Crippen LogP contribution in [0.3, 0.4) is 0 Å². The summed E-state index contributed by atoms with van der Waals surface area (Å²) in [7, 11) is 0. The Morgan fingerprint density at radius 3 is 0.939 bits per heavy atom. The van der Waals surface area contributed by atoms with Crippen molar-refractivity contribution < 1.29 is 0 Å². The molecule has 174 valence electrons. The number of hydrogen-bond donors (Lipinski definition) is 0. The lowest BCUT2D eigenvalue weighted by Gasteiger charge is -2.33. The van der Waals surface area contributed by atoms with E-state index in [9.17, 15) is 0 Å². The first-order valence-corrected chi connectivity index (χ1v) is 12.7. The zero-order chi connectivity index (χ0) is 24.7. The standard InChI is InChI=1S/C25H18.4C2H6/c1-3-11-19(12-4-1)25(20-13-5-2-6-14-20)23-17-9-7-15-21(23)22-16-8-10-18-24(22)25;4*1-2/h1-18H;4*1-2H3. The smallest absolute Gasteiger partial charge is 0.0683 e. The van der Waals surface area contributed by atoms with Crippen LogP contribution in [0.5, 0.6) is 0 Å². The van der Waals surface area contributed by atoms with Crippen LogP contribution in [-0.2, 0) is 5.41 Å². The summed E-state index contributed by atoms with van der Waals surface area (Å²) in [6.07, 6.45) is 0. The molecule has 0 bridgehead atoms. The molecular weight excluding hydrogens is 396 g/mol. The molecule has 0 saturated carbocycles. The molecule has 0 radical (unpaired) electrons. The maximum absolute atomic E-state index is 2.29. The molecule has 0 amide bonds. The largest absolute Gasteiger partial charge is 0.0713 e. The lowest BCUT2D eigenvalue weighted by Crippen LogP contribution is -2.28. The SMILES string of the molecule is CC.CC.CC.CC.c1ccc(C2(c3ccccc3)c3ccccc3-c3ccccc32)cc1. The Morgan fingerprint density at radius 1 is 0.333 bits per heavy atom. The minimum atomic E-state index is -0.254. The van der Waals surface area contributed by atoms with Crippen molar-refractivity contribution in [1.29, 1.82) is 0 Å². The molecule has 0 heterocycles. The molecule has 0 nitrogen and oxygen atoms in total. The van der Waals surface area contributed by atoms with Crippen LogP contribution in [0.25, 0.3) is 11.1 Å². The number of fused-ring (bicyclic) bond motifs is 3. The van der Waals surface area contributed by atoms with Gasteiger partial charge in [0.15, 0.2) is 0 Å². The number of rotatable bonds is 2. The van der Waals surface area contributed by atoms with Gasteiger partial charge in [0.2, 0.25) is 0 Å². The molecule has 0 aromatic heterocycles. The summed E-state index contributed by atoms with van der Waals surface area (Å²) in [5, 5.41) is 0. The van der Waals surface area contributed by atoms with Crippen molar-refractivity contribution in [3.8, 4) is 11.1 Å². The third-order valence-corrected chi connectivity index (χ3v) is 5.37. The highest BCUT2D eigenvalue weighted by atomic mass is 14.5. The van der Waals surface area contributed by atoms with Crippen molar-refractivity contribution in [3.63, 3.8) is 0 Å². The zero-order valence-electron chi connectivity index (χ0n) is 21.9. The molecule has 4 aromatic carbocycles. The first-order valence-electron chi connectivity index (χ1n) is 12.7. The molecule has 33 heavy (non-hydrogen) atoms. The highest BCUT2D eigenvalue weighted by Crippen LogP contribution is 2.55. The van der Waals surface area contributed by atoms with E-state index in [-0.39, 0.29) is 5.41 Å². The summed E-state index contributed by atoms with van der Waals surface area (Å²) in [4.78, 5) is 0. The van der Waals surface area contributed by atoms with Crippen molar-refractivity contribution in [2.24, 2.45) is 0 Å². The fourth-order valence-electron chi connectivity index (χ4n) is 4.40. The van der Waals surface area contributed by atoms with E-state index >= 15 is 0 Å². The van der Waals surface area contributed by atoms with Crippen LogP contribution in [0.2, 0.25) is 0 Å². The second-order valence-corrected chi connectivity index (χ2v) is 6.57. The van der Waals surface area contributed by atoms with Gasteiger partial charge in [-0.25, -0.2) is 0 Å². The Kier molecular flexibility index (Phi) is 12.6. The van der Waals surface area contributed by atoms with Gasteiger partial charge >= 0.3 is 0 Å². The van der Waals surface area contributed by atoms with Crippen LogP contribution >= 0.6 is 0 Å². The van der Waals surface area contributed by atoms with E-state index in [1.165, 1.54) is 33.4 Å². The Labute approximate surface area is 203 Å². The van der Waals surface area contributed by atoms with Gasteiger partial charge in [0.05, 0.1) is 5.41 Å². The quantitative estimate of drug-likeness (QED) is 0.257. The monoisotopic (exact) mass is 438 g/mol. The number of benzene rings is 4. The average molecular weight is 439 g/mol. The summed E-state index contributed by atoms with van der Waals surface area (Å²) in [6, 6.07) is 39.5. The molecule has 4 aromatic rings. The van der Waals surface area contributed by atoms with Crippen LogP contribution in [0.15, 0.2) is 109 Å². The minimum absolute atomic E-state index is 0.254. The van der Waals surface area contributed by atoms with Crippen molar-refractivity contribution in [3.05, 3.63) is 131 Å². The molecular formula is C33H42. The molecule has 5 rings (SSSR count). The Hall–Kier alpha value is -3.12. The second kappa shape index (κ2) is 14.9. The second-order valence-electron chi connectivity index (χ2n) is 6.57. The van der Waals surface area contributed by atoms with Crippen LogP contribution in [0.1, 0.15) is 77.6 Å². The van der Waals surface area contributed by atoms with Crippen LogP contribution in [-0.4, -0.2) is 0 Å². The van der Waals surface area contributed by atoms with Crippen LogP contribution < -0.4 is 0 Å². The van der Waals surface area contributed by atoms with E-state index in [2.05, 4.69) is 109 Å². The lowest BCUT2D eigenvalue weighted by molar-refractivity contribution is 0.768. The third-order valence-electron chi connectivity index (χ3n) is 5.37. The molecule has 0 heteroatoms. The molecule has 0 aliphatic heterocycles. The highest BCUT2D eigenvalue weighted by Gasteiger charge is 2.45. The fourth-order valence-corrected chi connectivity index (χ4v) is 4.40. The van der Waals surface area contributed by atoms with Crippen molar-refractivity contribution in [2.45, 2.75) is 60.8 Å². The van der Waals surface area contributed by atoms with E-state index in [1.54, 1.807) is 0 Å². The van der Waals surface area contributed by atoms with Crippen molar-refractivity contribution in [2.75, 3.05) is 0 Å². The van der Waals surface area contributed by atoms with Gasteiger partial charge < -0.3 is 0 Å². The van der Waals surface area contributed by atoms with Gasteiger partial charge in [-0.2, -0.15) is 0 Å². The molecule has 1 aliphatic rings. The lowest BCUT2D eigenvalue weighted by atomic mass is 9.68. The van der Waals surface area contributed by atoms with Gasteiger partial charge in [-0.05, 0) is 33.4 Å². The van der Waals surface area contributed by atoms with Gasteiger partial charge in [0.25, 0.3) is 0 Å². The molecule has 0 saturated heterocycles. The van der Waals surface area contributed by atoms with Gasteiger partial charge in [0.1, 0.15) is 0 Å². The molecule has 0 N–H and O–H groups in total. The average Bonchev–Trinajstić information content (AvgIpc) is 3.25. The molecule has 0 fully saturated rings. The predicted octanol–water partition coefficient (Wildman–Crippen LogP) is 10.2. The Balaban J connectivity index is 0.000000619. The zero-order valence-corrected chi connectivity index (χ0v) is 21.9. The molecule has 0 spiro atoms. The first kappa shape index (κ1) is 27.9. The Bertz CT molecular complexity index is 943. The fraction of sp³-hybridized carbons (Fsp3) is 0.273. The van der Waals surface area contributed by atoms with Gasteiger partial charge in [-0.1, -0.05) is 165 Å². The summed E-state index contributed by atoms with van der Waals surface area (Å²) in [6.45, 7) is 16.0. The van der Waals surface area contributed by atoms with Crippen molar-refractivity contribution in [1.82, 2.24) is 0 Å². The maximum Gasteiger partial charge on any atom is 0.0713 e. The van der Waals surface area contributed by atoms with Crippen molar-refractivity contribution >= 4 is 0 Å². The first-order chi connectivity index (χ1) is 16.4. The maximum atomic E-state index is 2.29. The van der Waals surface area contributed by atoms with Gasteiger partial charge in [-0.15, -0.1) is 0 Å².